The number of hydrogen-bond acceptors (Lipinski definition) is 11. The van der Waals surface area contributed by atoms with Crippen LogP contribution >= 0.6 is 23.8 Å². The average molecular weight is 866 g/mol. The van der Waals surface area contributed by atoms with E-state index in [4.69, 9.17) is 28.6 Å². The molecule has 60 heavy (non-hydrogen) atoms. The molecule has 0 bridgehead atoms. The number of nitrogens with zero attached hydrogens (tertiary/aromatic N) is 6. The molecule has 3 aliphatic heterocycles. The smallest absolute Gasteiger partial charge is 0.419 e. The Morgan fingerprint density at radius 1 is 1.12 bits per heavy atom. The third kappa shape index (κ3) is 8.76. The van der Waals surface area contributed by atoms with Crippen LogP contribution in [0.4, 0.5) is 35.9 Å². The summed E-state index contributed by atoms with van der Waals surface area (Å²) in [6, 6.07) is 12.2. The Balaban J connectivity index is 0.931. The average Bonchev–Trinajstić information content (AvgIpc) is 3.42. The molecule has 1 spiro atoms. The summed E-state index contributed by atoms with van der Waals surface area (Å²) in [5.74, 6) is -0.684. The van der Waals surface area contributed by atoms with Gasteiger partial charge in [0.25, 0.3) is 5.91 Å². The van der Waals surface area contributed by atoms with E-state index in [9.17, 15) is 37.6 Å². The quantitative estimate of drug-likeness (QED) is 0.155. The van der Waals surface area contributed by atoms with Crippen LogP contribution in [-0.2, 0) is 31.8 Å². The van der Waals surface area contributed by atoms with Gasteiger partial charge in [-0.15, -0.1) is 0 Å². The van der Waals surface area contributed by atoms with Gasteiger partial charge >= 0.3 is 6.18 Å². The first-order valence-electron chi connectivity index (χ1n) is 19.7. The predicted molar refractivity (Wildman–Crippen MR) is 222 cm³/mol. The molecule has 14 nitrogen and oxygen atoms in total. The number of aryl methyl sites for hydroxylation is 1. The number of alkyl halides is 3. The van der Waals surface area contributed by atoms with Gasteiger partial charge in [-0.1, -0.05) is 18.5 Å². The number of amides is 4. The number of aromatic nitrogens is 1. The number of carbonyl (C=O) groups excluding carboxylic acids is 4. The van der Waals surface area contributed by atoms with Crippen LogP contribution in [0.5, 0.6) is 5.75 Å². The Labute approximate surface area is 355 Å². The maximum absolute atomic E-state index is 13.9. The van der Waals surface area contributed by atoms with E-state index in [1.807, 2.05) is 19.1 Å². The van der Waals surface area contributed by atoms with Crippen molar-refractivity contribution in [3.8, 4) is 11.8 Å². The molecule has 1 saturated carbocycles. The van der Waals surface area contributed by atoms with Gasteiger partial charge in [-0.05, 0) is 99.3 Å². The summed E-state index contributed by atoms with van der Waals surface area (Å²) < 4.78 is 47.7. The predicted octanol–water partition coefficient (Wildman–Crippen LogP) is 5.49. The maximum atomic E-state index is 13.9. The van der Waals surface area contributed by atoms with Crippen LogP contribution in [0.15, 0.2) is 48.7 Å². The summed E-state index contributed by atoms with van der Waals surface area (Å²) >= 11 is 12.1. The van der Waals surface area contributed by atoms with Crippen LogP contribution in [-0.4, -0.2) is 100 Å². The van der Waals surface area contributed by atoms with Crippen molar-refractivity contribution in [2.24, 2.45) is 0 Å². The van der Waals surface area contributed by atoms with Crippen LogP contribution in [0.1, 0.15) is 62.8 Å². The molecule has 4 amide bonds. The zero-order chi connectivity index (χ0) is 42.9. The lowest BCUT2D eigenvalue weighted by atomic mass is 9.75. The minimum atomic E-state index is -4.85. The fourth-order valence-electron chi connectivity index (χ4n) is 8.17. The summed E-state index contributed by atoms with van der Waals surface area (Å²) in [6.45, 7) is 7.34. The summed E-state index contributed by atoms with van der Waals surface area (Å²) in [5, 5.41) is 18.0. The number of nitriles is 1. The lowest BCUT2D eigenvalue weighted by Crippen LogP contribution is -2.55. The van der Waals surface area contributed by atoms with Crippen molar-refractivity contribution < 1.29 is 37.1 Å². The number of imide groups is 1. The van der Waals surface area contributed by atoms with Crippen LogP contribution < -0.4 is 30.5 Å². The van der Waals surface area contributed by atoms with Crippen LogP contribution in [0.3, 0.4) is 0 Å². The number of rotatable bonds is 12. The topological polar surface area (TPSA) is 163 Å². The van der Waals surface area contributed by atoms with E-state index in [1.165, 1.54) is 6.07 Å². The highest BCUT2D eigenvalue weighted by Crippen LogP contribution is 2.49. The van der Waals surface area contributed by atoms with E-state index in [0.717, 1.165) is 35.7 Å². The maximum Gasteiger partial charge on any atom is 0.419 e. The first kappa shape index (κ1) is 42.8. The van der Waals surface area contributed by atoms with Crippen molar-refractivity contribution in [1.82, 2.24) is 20.1 Å². The fourth-order valence-corrected chi connectivity index (χ4v) is 8.87. The number of ether oxygens (including phenoxy) is 1. The largest absolute Gasteiger partial charge is 0.492 e. The van der Waals surface area contributed by atoms with Gasteiger partial charge in [0.2, 0.25) is 17.7 Å². The number of nitrogens with one attached hydrogen (secondary N) is 3. The zero-order valence-corrected chi connectivity index (χ0v) is 34.5. The van der Waals surface area contributed by atoms with Crippen molar-refractivity contribution in [2.75, 3.05) is 59.8 Å². The standard InChI is InChI=1S/C41H43ClF3N9O5S/c1-3-25-15-29(54-39(60)53(38(58)40(54)9-4-10-40)30-19-31(41(43,44)45)33(20-46)47-21-30)5-7-34(25)59-14-13-51-11-12-52(24(2)22-51)23-36(56)49-28-17-26(42)16-27(18-28)48-32-6-8-35(55)50-37(32)57/h5,7,15-19,21,24,32,48H,3-4,6,8-14,22-23H2,1-2H3,(H,49,56)(H,50,55,57). The van der Waals surface area contributed by atoms with Crippen LogP contribution in [0.25, 0.3) is 0 Å². The van der Waals surface area contributed by atoms with Gasteiger partial charge in [0, 0.05) is 60.7 Å². The van der Waals surface area contributed by atoms with E-state index < -0.39 is 40.8 Å². The van der Waals surface area contributed by atoms with Gasteiger partial charge in [0.1, 0.15) is 30.0 Å². The summed E-state index contributed by atoms with van der Waals surface area (Å²) in [7, 11) is 0. The molecule has 19 heteroatoms. The Kier molecular flexibility index (Phi) is 12.3. The highest BCUT2D eigenvalue weighted by atomic mass is 35.5. The molecule has 2 atom stereocenters. The number of hydrogen-bond donors (Lipinski definition) is 3. The monoisotopic (exact) mass is 865 g/mol. The van der Waals surface area contributed by atoms with Crippen LogP contribution in [0, 0.1) is 11.3 Å². The van der Waals surface area contributed by atoms with E-state index in [2.05, 4.69) is 37.7 Å². The Bertz CT molecular complexity index is 2270. The number of benzene rings is 2. The number of halogens is 4. The number of anilines is 4. The first-order valence-corrected chi connectivity index (χ1v) is 20.5. The molecule has 1 aromatic heterocycles. The molecule has 0 radical (unpaired) electrons. The molecule has 4 aliphatic rings. The van der Waals surface area contributed by atoms with Crippen molar-refractivity contribution in [1.29, 1.82) is 5.26 Å². The molecule has 4 fully saturated rings. The molecule has 316 valence electrons. The number of piperazine rings is 1. The van der Waals surface area contributed by atoms with Gasteiger partial charge in [-0.3, -0.25) is 39.2 Å². The second kappa shape index (κ2) is 17.3. The van der Waals surface area contributed by atoms with E-state index in [0.29, 0.717) is 79.8 Å². The molecule has 3 N–H and O–H groups in total. The highest BCUT2D eigenvalue weighted by Gasteiger charge is 2.60. The molecule has 1 aliphatic carbocycles. The third-order valence-corrected chi connectivity index (χ3v) is 12.0. The normalized spacial score (nSPS) is 20.8. The lowest BCUT2D eigenvalue weighted by Gasteiger charge is -2.43. The second-order valence-electron chi connectivity index (χ2n) is 15.4. The van der Waals surface area contributed by atoms with Gasteiger partial charge in [-0.2, -0.15) is 18.4 Å². The number of piperidine rings is 1. The lowest BCUT2D eigenvalue weighted by molar-refractivity contribution is -0.138. The van der Waals surface area contributed by atoms with Crippen molar-refractivity contribution in [3.05, 3.63) is 70.5 Å². The Hall–Kier alpha value is -5.35. The van der Waals surface area contributed by atoms with E-state index in [1.54, 1.807) is 29.2 Å². The molecular weight excluding hydrogens is 823 g/mol. The minimum absolute atomic E-state index is 0.0405. The first-order chi connectivity index (χ1) is 28.6. The van der Waals surface area contributed by atoms with Crippen molar-refractivity contribution in [3.63, 3.8) is 0 Å². The molecule has 4 heterocycles. The fraction of sp³-hybridized carbons (Fsp3) is 0.439. The van der Waals surface area contributed by atoms with Gasteiger partial charge in [-0.25, -0.2) is 4.98 Å². The van der Waals surface area contributed by atoms with Gasteiger partial charge in [0.15, 0.2) is 10.8 Å². The zero-order valence-electron chi connectivity index (χ0n) is 32.9. The number of pyridine rings is 1. The van der Waals surface area contributed by atoms with E-state index in [-0.39, 0.29) is 41.6 Å². The molecule has 3 aromatic rings. The molecule has 3 saturated heterocycles. The SMILES string of the molecule is CCc1cc(N2C(=S)N(c3cnc(C#N)c(C(F)(F)F)c3)C(=O)C23CCC3)ccc1OCCN1CCN(CC(=O)Nc2cc(Cl)cc(NC3CCC(=O)NC3=O)c2)C(C)C1. The summed E-state index contributed by atoms with van der Waals surface area (Å²) in [4.78, 5) is 61.7. The van der Waals surface area contributed by atoms with Gasteiger partial charge in [0.05, 0.1) is 24.0 Å². The molecule has 7 rings (SSSR count). The summed E-state index contributed by atoms with van der Waals surface area (Å²) in [6.07, 6.45) is -0.891. The highest BCUT2D eigenvalue weighted by molar-refractivity contribution is 7.81. The molecule has 2 unspecified atom stereocenters. The van der Waals surface area contributed by atoms with Crippen LogP contribution in [0.2, 0.25) is 5.02 Å². The van der Waals surface area contributed by atoms with E-state index >= 15 is 0 Å². The second-order valence-corrected chi connectivity index (χ2v) is 16.2. The number of carbonyl (C=O) groups is 4. The van der Waals surface area contributed by atoms with Crippen molar-refractivity contribution >= 4 is 75.3 Å². The third-order valence-electron chi connectivity index (χ3n) is 11.4. The Morgan fingerprint density at radius 2 is 1.88 bits per heavy atom. The molecule has 2 aromatic carbocycles. The minimum Gasteiger partial charge on any atom is -0.492 e. The van der Waals surface area contributed by atoms with Crippen molar-refractivity contribution in [2.45, 2.75) is 76.2 Å². The van der Waals surface area contributed by atoms with Gasteiger partial charge < -0.3 is 20.3 Å². The molecular formula is C41H43ClF3N9O5S. The number of thiocarbonyl (C=S) groups is 1. The summed E-state index contributed by atoms with van der Waals surface area (Å²) in [5.41, 5.74) is -0.665. The Morgan fingerprint density at radius 3 is 2.55 bits per heavy atom.